The Balaban J connectivity index is 1.65. The maximum absolute atomic E-state index is 11.7. The van der Waals surface area contributed by atoms with Crippen molar-refractivity contribution in [2.45, 2.75) is 30.1 Å². The zero-order valence-corrected chi connectivity index (χ0v) is 13.1. The van der Waals surface area contributed by atoms with Crippen molar-refractivity contribution >= 4 is 50.8 Å². The second-order valence-corrected chi connectivity index (χ2v) is 7.23. The second-order valence-electron chi connectivity index (χ2n) is 4.97. The molecule has 1 heterocycles. The number of benzene rings is 1. The average Bonchev–Trinajstić information content (AvgIpc) is 3.13. The van der Waals surface area contributed by atoms with Gasteiger partial charge in [-0.05, 0) is 31.0 Å². The number of rotatable bonds is 5. The standard InChI is InChI=1S/C14H15N3O2S2/c1-8(18)15-10-4-5-11-12(6-10)21-14(17-11)20-7-13(19)16-9-2-3-9/h4-6,9H,2-3,7H2,1H3,(H,15,18)(H,16,19). The lowest BCUT2D eigenvalue weighted by atomic mass is 10.3. The first-order valence-corrected chi connectivity index (χ1v) is 8.51. The van der Waals surface area contributed by atoms with Crippen molar-refractivity contribution in [1.82, 2.24) is 10.3 Å². The molecule has 0 saturated heterocycles. The SMILES string of the molecule is CC(=O)Nc1ccc2nc(SCC(=O)NC3CC3)sc2c1. The Morgan fingerprint density at radius 1 is 1.43 bits per heavy atom. The van der Waals surface area contributed by atoms with E-state index in [1.165, 1.54) is 30.0 Å². The van der Waals surface area contributed by atoms with Crippen LogP contribution in [0.25, 0.3) is 10.2 Å². The van der Waals surface area contributed by atoms with Crippen LogP contribution in [0.15, 0.2) is 22.5 Å². The molecule has 1 aromatic carbocycles. The van der Waals surface area contributed by atoms with Gasteiger partial charge in [0.15, 0.2) is 4.34 Å². The third kappa shape index (κ3) is 3.95. The Labute approximate surface area is 130 Å². The minimum Gasteiger partial charge on any atom is -0.353 e. The molecule has 1 fully saturated rings. The van der Waals surface area contributed by atoms with Crippen molar-refractivity contribution in [3.63, 3.8) is 0 Å². The van der Waals surface area contributed by atoms with Crippen LogP contribution >= 0.6 is 23.1 Å². The van der Waals surface area contributed by atoms with Crippen molar-refractivity contribution in [3.8, 4) is 0 Å². The molecular formula is C14H15N3O2S2. The van der Waals surface area contributed by atoms with E-state index in [0.29, 0.717) is 11.8 Å². The van der Waals surface area contributed by atoms with Gasteiger partial charge in [-0.1, -0.05) is 11.8 Å². The maximum atomic E-state index is 11.7. The highest BCUT2D eigenvalue weighted by Gasteiger charge is 2.23. The number of hydrogen-bond acceptors (Lipinski definition) is 5. The molecule has 1 aliphatic rings. The number of carbonyl (C=O) groups is 2. The molecule has 0 atom stereocenters. The lowest BCUT2D eigenvalue weighted by Gasteiger charge is -2.00. The third-order valence-corrected chi connectivity index (χ3v) is 5.12. The minimum absolute atomic E-state index is 0.0701. The molecule has 1 aromatic heterocycles. The molecule has 0 radical (unpaired) electrons. The van der Waals surface area contributed by atoms with Crippen LogP contribution in [0.5, 0.6) is 0 Å². The van der Waals surface area contributed by atoms with E-state index in [2.05, 4.69) is 15.6 Å². The van der Waals surface area contributed by atoms with Gasteiger partial charge in [0.25, 0.3) is 0 Å². The number of hydrogen-bond donors (Lipinski definition) is 2. The molecular weight excluding hydrogens is 306 g/mol. The van der Waals surface area contributed by atoms with Crippen LogP contribution in [-0.4, -0.2) is 28.6 Å². The summed E-state index contributed by atoms with van der Waals surface area (Å²) in [5.74, 6) is 0.375. The molecule has 1 saturated carbocycles. The summed E-state index contributed by atoms with van der Waals surface area (Å²) >= 11 is 2.99. The smallest absolute Gasteiger partial charge is 0.230 e. The first kappa shape index (κ1) is 14.3. The van der Waals surface area contributed by atoms with Gasteiger partial charge in [0.05, 0.1) is 16.0 Å². The van der Waals surface area contributed by atoms with Crippen molar-refractivity contribution in [3.05, 3.63) is 18.2 Å². The molecule has 2 aromatic rings. The van der Waals surface area contributed by atoms with E-state index in [0.717, 1.165) is 33.1 Å². The number of amides is 2. The molecule has 0 spiro atoms. The quantitative estimate of drug-likeness (QED) is 0.831. The largest absolute Gasteiger partial charge is 0.353 e. The van der Waals surface area contributed by atoms with Crippen molar-refractivity contribution < 1.29 is 9.59 Å². The highest BCUT2D eigenvalue weighted by atomic mass is 32.2. The van der Waals surface area contributed by atoms with Crippen LogP contribution in [0.4, 0.5) is 5.69 Å². The Bertz CT molecular complexity index is 695. The average molecular weight is 321 g/mol. The van der Waals surface area contributed by atoms with Gasteiger partial charge in [-0.25, -0.2) is 4.98 Å². The van der Waals surface area contributed by atoms with E-state index in [-0.39, 0.29) is 11.8 Å². The molecule has 3 rings (SSSR count). The highest BCUT2D eigenvalue weighted by molar-refractivity contribution is 8.01. The van der Waals surface area contributed by atoms with Crippen molar-refractivity contribution in [2.75, 3.05) is 11.1 Å². The Morgan fingerprint density at radius 3 is 2.95 bits per heavy atom. The van der Waals surface area contributed by atoms with Gasteiger partial charge in [-0.3, -0.25) is 9.59 Å². The summed E-state index contributed by atoms with van der Waals surface area (Å²) in [6.45, 7) is 1.48. The number of anilines is 1. The molecule has 2 N–H and O–H groups in total. The number of thioether (sulfide) groups is 1. The fourth-order valence-corrected chi connectivity index (χ4v) is 3.79. The van der Waals surface area contributed by atoms with Crippen LogP contribution in [0.1, 0.15) is 19.8 Å². The van der Waals surface area contributed by atoms with E-state index in [4.69, 9.17) is 0 Å². The third-order valence-electron chi connectivity index (χ3n) is 2.96. The monoisotopic (exact) mass is 321 g/mol. The van der Waals surface area contributed by atoms with Crippen LogP contribution < -0.4 is 10.6 Å². The lowest BCUT2D eigenvalue weighted by molar-refractivity contribution is -0.118. The summed E-state index contributed by atoms with van der Waals surface area (Å²) in [6.07, 6.45) is 2.20. The number of fused-ring (bicyclic) bond motifs is 1. The fourth-order valence-electron chi connectivity index (χ4n) is 1.87. The van der Waals surface area contributed by atoms with E-state index in [9.17, 15) is 9.59 Å². The lowest BCUT2D eigenvalue weighted by Crippen LogP contribution is -2.26. The predicted octanol–water partition coefficient (Wildman–Crippen LogP) is 2.63. The molecule has 0 unspecified atom stereocenters. The number of nitrogens with one attached hydrogen (secondary N) is 2. The number of nitrogens with zero attached hydrogens (tertiary/aromatic N) is 1. The van der Waals surface area contributed by atoms with E-state index < -0.39 is 0 Å². The maximum Gasteiger partial charge on any atom is 0.230 e. The van der Waals surface area contributed by atoms with Gasteiger partial charge >= 0.3 is 0 Å². The van der Waals surface area contributed by atoms with Gasteiger partial charge in [-0.15, -0.1) is 11.3 Å². The summed E-state index contributed by atoms with van der Waals surface area (Å²) in [5.41, 5.74) is 1.65. The summed E-state index contributed by atoms with van der Waals surface area (Å²) in [6, 6.07) is 6.01. The fraction of sp³-hybridized carbons (Fsp3) is 0.357. The second kappa shape index (κ2) is 6.03. The number of thiazole rings is 1. The van der Waals surface area contributed by atoms with Crippen LogP contribution in [0, 0.1) is 0 Å². The van der Waals surface area contributed by atoms with Gasteiger partial charge in [0, 0.05) is 18.7 Å². The van der Waals surface area contributed by atoms with Crippen LogP contribution in [0.3, 0.4) is 0 Å². The number of carbonyl (C=O) groups excluding carboxylic acids is 2. The van der Waals surface area contributed by atoms with E-state index in [1.807, 2.05) is 18.2 Å². The Morgan fingerprint density at radius 2 is 2.24 bits per heavy atom. The van der Waals surface area contributed by atoms with Gasteiger partial charge < -0.3 is 10.6 Å². The predicted molar refractivity (Wildman–Crippen MR) is 85.8 cm³/mol. The number of aromatic nitrogens is 1. The summed E-state index contributed by atoms with van der Waals surface area (Å²) in [7, 11) is 0. The normalized spacial score (nSPS) is 14.1. The van der Waals surface area contributed by atoms with E-state index >= 15 is 0 Å². The summed E-state index contributed by atoms with van der Waals surface area (Å²) in [5, 5.41) is 5.71. The first-order chi connectivity index (χ1) is 10.1. The van der Waals surface area contributed by atoms with Gasteiger partial charge in [0.1, 0.15) is 0 Å². The van der Waals surface area contributed by atoms with Crippen LogP contribution in [0.2, 0.25) is 0 Å². The van der Waals surface area contributed by atoms with Crippen molar-refractivity contribution in [2.24, 2.45) is 0 Å². The first-order valence-electron chi connectivity index (χ1n) is 6.70. The van der Waals surface area contributed by atoms with Gasteiger partial charge in [-0.2, -0.15) is 0 Å². The Kier molecular flexibility index (Phi) is 4.12. The van der Waals surface area contributed by atoms with Gasteiger partial charge in [0.2, 0.25) is 11.8 Å². The van der Waals surface area contributed by atoms with E-state index in [1.54, 1.807) is 0 Å². The topological polar surface area (TPSA) is 71.1 Å². The minimum atomic E-state index is -0.0924. The molecule has 2 amide bonds. The molecule has 110 valence electrons. The molecule has 1 aliphatic carbocycles. The molecule has 0 aliphatic heterocycles. The van der Waals surface area contributed by atoms with Crippen molar-refractivity contribution in [1.29, 1.82) is 0 Å². The zero-order valence-electron chi connectivity index (χ0n) is 11.5. The molecule has 5 nitrogen and oxygen atoms in total. The summed E-state index contributed by atoms with van der Waals surface area (Å²) < 4.78 is 1.88. The Hall–Kier alpha value is -1.60. The molecule has 7 heteroatoms. The summed E-state index contributed by atoms with van der Waals surface area (Å²) in [4.78, 5) is 27.2. The zero-order chi connectivity index (χ0) is 14.8. The molecule has 21 heavy (non-hydrogen) atoms. The van der Waals surface area contributed by atoms with Crippen LogP contribution in [-0.2, 0) is 9.59 Å². The highest BCUT2D eigenvalue weighted by Crippen LogP contribution is 2.31. The molecule has 0 bridgehead atoms.